The van der Waals surface area contributed by atoms with Gasteiger partial charge in [-0.05, 0) is 57.4 Å². The quantitative estimate of drug-likeness (QED) is 0.609. The minimum Gasteiger partial charge on any atom is -0.458 e. The van der Waals surface area contributed by atoms with Gasteiger partial charge in [0.1, 0.15) is 6.10 Å². The molecule has 1 aromatic carbocycles. The maximum absolute atomic E-state index is 13.9. The SMILES string of the molecule is CC(=O)N1CCC[C@@]2(Cc3ccccc3)C1=CCC[C@@H]2OC(=O)[C@@]12CC[C@@](C)(C(=O)O1)C2(C)C. The van der Waals surface area contributed by atoms with Crippen LogP contribution in [-0.4, -0.2) is 41.0 Å². The smallest absolute Gasteiger partial charge is 0.351 e. The fourth-order valence-electron chi connectivity index (χ4n) is 7.04. The summed E-state index contributed by atoms with van der Waals surface area (Å²) in [6.07, 6.45) is 6.69. The van der Waals surface area contributed by atoms with E-state index in [1.165, 1.54) is 0 Å². The van der Waals surface area contributed by atoms with E-state index in [1.54, 1.807) is 6.92 Å². The number of rotatable bonds is 4. The van der Waals surface area contributed by atoms with Gasteiger partial charge < -0.3 is 14.4 Å². The van der Waals surface area contributed by atoms with E-state index >= 15 is 0 Å². The highest BCUT2D eigenvalue weighted by Crippen LogP contribution is 2.66. The largest absolute Gasteiger partial charge is 0.458 e. The number of carbonyl (C=O) groups is 3. The number of fused-ring (bicyclic) bond motifs is 3. The summed E-state index contributed by atoms with van der Waals surface area (Å²) in [6.45, 7) is 8.10. The number of allylic oxidation sites excluding steroid dienone is 1. The molecule has 34 heavy (non-hydrogen) atoms. The first-order chi connectivity index (χ1) is 16.1. The van der Waals surface area contributed by atoms with Gasteiger partial charge in [-0.1, -0.05) is 50.3 Å². The molecule has 1 aromatic rings. The second-order valence-electron chi connectivity index (χ2n) is 11.3. The molecule has 0 spiro atoms. The minimum atomic E-state index is -1.25. The Morgan fingerprint density at radius 3 is 2.47 bits per heavy atom. The summed E-state index contributed by atoms with van der Waals surface area (Å²) in [5.41, 5.74) is -0.919. The molecule has 2 heterocycles. The molecule has 0 radical (unpaired) electrons. The Bertz CT molecular complexity index is 1060. The molecular formula is C28H35NO5. The lowest BCUT2D eigenvalue weighted by Gasteiger charge is -2.51. The third-order valence-electron chi connectivity index (χ3n) is 9.59. The van der Waals surface area contributed by atoms with E-state index in [-0.39, 0.29) is 11.9 Å². The number of carbonyl (C=O) groups excluding carboxylic acids is 3. The molecule has 1 saturated carbocycles. The summed E-state index contributed by atoms with van der Waals surface area (Å²) < 4.78 is 12.2. The van der Waals surface area contributed by atoms with E-state index in [1.807, 2.05) is 43.9 Å². The van der Waals surface area contributed by atoms with E-state index in [0.717, 1.165) is 30.5 Å². The average molecular weight is 466 g/mol. The molecule has 6 heteroatoms. The Morgan fingerprint density at radius 1 is 1.12 bits per heavy atom. The van der Waals surface area contributed by atoms with Crippen LogP contribution in [0.3, 0.4) is 0 Å². The van der Waals surface area contributed by atoms with Crippen LogP contribution >= 0.6 is 0 Å². The first-order valence-corrected chi connectivity index (χ1v) is 12.5. The highest BCUT2D eigenvalue weighted by molar-refractivity contribution is 5.93. The zero-order valence-electron chi connectivity index (χ0n) is 20.7. The summed E-state index contributed by atoms with van der Waals surface area (Å²) in [6, 6.07) is 10.2. The van der Waals surface area contributed by atoms with Crippen molar-refractivity contribution in [1.82, 2.24) is 4.90 Å². The first kappa shape index (κ1) is 23.1. The van der Waals surface area contributed by atoms with Crippen molar-refractivity contribution in [3.8, 4) is 0 Å². The van der Waals surface area contributed by atoms with Crippen LogP contribution in [0, 0.1) is 16.2 Å². The number of hydrogen-bond acceptors (Lipinski definition) is 5. The Kier molecular flexibility index (Phi) is 5.23. The van der Waals surface area contributed by atoms with Crippen molar-refractivity contribution in [2.45, 2.75) is 84.3 Å². The van der Waals surface area contributed by atoms with Gasteiger partial charge in [0.25, 0.3) is 0 Å². The van der Waals surface area contributed by atoms with Gasteiger partial charge in [-0.2, -0.15) is 0 Å². The minimum absolute atomic E-state index is 0.0198. The van der Waals surface area contributed by atoms with Gasteiger partial charge in [0.05, 0.1) is 10.8 Å². The van der Waals surface area contributed by atoms with Gasteiger partial charge in [-0.25, -0.2) is 4.79 Å². The van der Waals surface area contributed by atoms with Crippen molar-refractivity contribution < 1.29 is 23.9 Å². The van der Waals surface area contributed by atoms with Crippen LogP contribution < -0.4 is 0 Å². The van der Waals surface area contributed by atoms with Gasteiger partial charge in [0.15, 0.2) is 0 Å². The van der Waals surface area contributed by atoms with Crippen LogP contribution in [-0.2, 0) is 30.3 Å². The standard InChI is InChI=1S/C28H35NO5/c1-19(30)29-17-9-14-27(18-20-10-6-5-7-11-20)21(29)12-8-13-22(27)33-24(32)28-16-15-26(4,23(31)34-28)25(28,2)3/h5-7,10-12,22H,8-9,13-18H2,1-4H3/t22-,26-,27+,28+/m0/s1. The van der Waals surface area contributed by atoms with Crippen LogP contribution in [0.15, 0.2) is 42.1 Å². The van der Waals surface area contributed by atoms with Crippen LogP contribution in [0.4, 0.5) is 0 Å². The molecule has 1 amide bonds. The number of nitrogens with zero attached hydrogens (tertiary/aromatic N) is 1. The number of amides is 1. The molecule has 2 bridgehead atoms. The molecule has 2 aliphatic heterocycles. The molecule has 2 saturated heterocycles. The fraction of sp³-hybridized carbons (Fsp3) is 0.607. The molecule has 6 nitrogen and oxygen atoms in total. The molecule has 3 fully saturated rings. The van der Waals surface area contributed by atoms with Crippen molar-refractivity contribution in [3.05, 3.63) is 47.7 Å². The summed E-state index contributed by atoms with van der Waals surface area (Å²) >= 11 is 0. The summed E-state index contributed by atoms with van der Waals surface area (Å²) in [7, 11) is 0. The third-order valence-corrected chi connectivity index (χ3v) is 9.59. The van der Waals surface area contributed by atoms with Gasteiger partial charge >= 0.3 is 11.9 Å². The predicted octanol–water partition coefficient (Wildman–Crippen LogP) is 4.57. The normalized spacial score (nSPS) is 35.9. The molecule has 0 unspecified atom stereocenters. The van der Waals surface area contributed by atoms with Crippen molar-refractivity contribution >= 4 is 17.8 Å². The van der Waals surface area contributed by atoms with Gasteiger partial charge in [0, 0.05) is 24.6 Å². The molecular weight excluding hydrogens is 430 g/mol. The van der Waals surface area contributed by atoms with Gasteiger partial charge in [0.2, 0.25) is 11.5 Å². The number of benzene rings is 1. The second-order valence-corrected chi connectivity index (χ2v) is 11.3. The topological polar surface area (TPSA) is 72.9 Å². The monoisotopic (exact) mass is 465 g/mol. The van der Waals surface area contributed by atoms with E-state index in [4.69, 9.17) is 9.47 Å². The summed E-state index contributed by atoms with van der Waals surface area (Å²) in [4.78, 5) is 41.1. The van der Waals surface area contributed by atoms with Crippen molar-refractivity contribution in [2.75, 3.05) is 6.54 Å². The van der Waals surface area contributed by atoms with Crippen molar-refractivity contribution in [3.63, 3.8) is 0 Å². The van der Waals surface area contributed by atoms with Crippen molar-refractivity contribution in [2.24, 2.45) is 16.2 Å². The number of esters is 2. The van der Waals surface area contributed by atoms with Crippen LogP contribution in [0.1, 0.15) is 71.8 Å². The number of piperidine rings is 1. The molecule has 0 aromatic heterocycles. The number of hydrogen-bond donors (Lipinski definition) is 0. The van der Waals surface area contributed by atoms with Gasteiger partial charge in [-0.15, -0.1) is 0 Å². The van der Waals surface area contributed by atoms with E-state index in [0.29, 0.717) is 32.2 Å². The molecule has 2 aliphatic carbocycles. The van der Waals surface area contributed by atoms with E-state index in [9.17, 15) is 14.4 Å². The first-order valence-electron chi connectivity index (χ1n) is 12.5. The highest BCUT2D eigenvalue weighted by Gasteiger charge is 2.76. The molecule has 4 aliphatic rings. The Hall–Kier alpha value is -2.63. The van der Waals surface area contributed by atoms with E-state index < -0.39 is 33.9 Å². The summed E-state index contributed by atoms with van der Waals surface area (Å²) in [5, 5.41) is 0. The molecule has 182 valence electrons. The Balaban J connectivity index is 1.52. The van der Waals surface area contributed by atoms with Crippen molar-refractivity contribution in [1.29, 1.82) is 0 Å². The Labute approximate surface area is 201 Å². The van der Waals surface area contributed by atoms with Gasteiger partial charge in [-0.3, -0.25) is 9.59 Å². The lowest BCUT2D eigenvalue weighted by Crippen LogP contribution is -2.56. The van der Waals surface area contributed by atoms with E-state index in [2.05, 4.69) is 18.2 Å². The average Bonchev–Trinajstić information content (AvgIpc) is 3.10. The lowest BCUT2D eigenvalue weighted by molar-refractivity contribution is -0.193. The number of likely N-dealkylation sites (tertiary alicyclic amines) is 1. The summed E-state index contributed by atoms with van der Waals surface area (Å²) in [5.74, 6) is -0.707. The zero-order valence-corrected chi connectivity index (χ0v) is 20.7. The fourth-order valence-corrected chi connectivity index (χ4v) is 7.04. The maximum atomic E-state index is 13.9. The second kappa shape index (κ2) is 7.69. The lowest BCUT2D eigenvalue weighted by atomic mass is 9.64. The zero-order chi connectivity index (χ0) is 24.4. The van der Waals surface area contributed by atoms with Crippen LogP contribution in [0.2, 0.25) is 0 Å². The predicted molar refractivity (Wildman–Crippen MR) is 126 cm³/mol. The van der Waals surface area contributed by atoms with Crippen LogP contribution in [0.25, 0.3) is 0 Å². The third kappa shape index (κ3) is 2.96. The molecule has 5 rings (SSSR count). The molecule has 4 atom stereocenters. The molecule has 0 N–H and O–H groups in total. The maximum Gasteiger partial charge on any atom is 0.351 e. The Morgan fingerprint density at radius 2 is 1.85 bits per heavy atom. The van der Waals surface area contributed by atoms with Crippen LogP contribution in [0.5, 0.6) is 0 Å². The number of ether oxygens (including phenoxy) is 2. The highest BCUT2D eigenvalue weighted by atomic mass is 16.6.